The number of fused-ring (bicyclic) bond motifs is 3. The van der Waals surface area contributed by atoms with Crippen molar-refractivity contribution in [2.75, 3.05) is 18.2 Å². The third-order valence-electron chi connectivity index (χ3n) is 10.3. The number of ether oxygens (including phenoxy) is 2. The van der Waals surface area contributed by atoms with Gasteiger partial charge in [-0.15, -0.1) is 0 Å². The summed E-state index contributed by atoms with van der Waals surface area (Å²) < 4.78 is 11.9. The number of aliphatic carboxylic acids is 1. The molecule has 0 aromatic heterocycles. The van der Waals surface area contributed by atoms with Crippen LogP contribution in [-0.2, 0) is 33.6 Å². The van der Waals surface area contributed by atoms with E-state index < -0.39 is 66.4 Å². The van der Waals surface area contributed by atoms with E-state index in [0.29, 0.717) is 53.9 Å². The minimum atomic E-state index is -1.97. The molecule has 7 N–H and O–H groups in total. The zero-order chi connectivity index (χ0) is 36.7. The fourth-order valence-corrected chi connectivity index (χ4v) is 7.67. The normalized spacial score (nSPS) is 27.8. The number of hydrogen-bond acceptors (Lipinski definition) is 12. The first-order valence-corrected chi connectivity index (χ1v) is 17.0. The van der Waals surface area contributed by atoms with Gasteiger partial charge in [0, 0.05) is 42.2 Å². The molecule has 4 aliphatic rings. The van der Waals surface area contributed by atoms with E-state index in [-0.39, 0.29) is 30.0 Å². The molecule has 1 fully saturated rings. The second-order valence-electron chi connectivity index (χ2n) is 13.4. The summed E-state index contributed by atoms with van der Waals surface area (Å²) in [6.45, 7) is -0.365. The molecule has 272 valence electrons. The number of aliphatic imine (C=N–C) groups is 2. The van der Waals surface area contributed by atoms with Crippen molar-refractivity contribution in [3.63, 3.8) is 0 Å². The maximum absolute atomic E-state index is 14.3. The molecule has 0 saturated carbocycles. The summed E-state index contributed by atoms with van der Waals surface area (Å²) in [4.78, 5) is 36.9. The van der Waals surface area contributed by atoms with E-state index in [2.05, 4.69) is 9.98 Å². The smallest absolute Gasteiger partial charge is 0.327 e. The molecule has 0 aliphatic carbocycles. The summed E-state index contributed by atoms with van der Waals surface area (Å²) >= 11 is 0. The quantitative estimate of drug-likeness (QED) is 0.159. The van der Waals surface area contributed by atoms with Crippen molar-refractivity contribution in [2.45, 2.75) is 74.3 Å². The van der Waals surface area contributed by atoms with Gasteiger partial charge in [-0.1, -0.05) is 36.4 Å². The summed E-state index contributed by atoms with van der Waals surface area (Å²) in [7, 11) is 0. The van der Waals surface area contributed by atoms with Crippen molar-refractivity contribution >= 4 is 35.6 Å². The summed E-state index contributed by atoms with van der Waals surface area (Å²) in [6, 6.07) is 14.3. The van der Waals surface area contributed by atoms with Crippen LogP contribution in [0.1, 0.15) is 46.6 Å². The molecule has 0 bridgehead atoms. The van der Waals surface area contributed by atoms with Gasteiger partial charge in [0.15, 0.2) is 11.5 Å². The molecule has 1 saturated heterocycles. The molecule has 4 aliphatic heterocycles. The molecule has 3 aromatic carbocycles. The lowest BCUT2D eigenvalue weighted by Crippen LogP contribution is -2.68. The average Bonchev–Trinajstić information content (AvgIpc) is 3.78. The number of rotatable bonds is 9. The maximum atomic E-state index is 14.3. The monoisotopic (exact) mass is 713 g/mol. The zero-order valence-corrected chi connectivity index (χ0v) is 27.9. The summed E-state index contributed by atoms with van der Waals surface area (Å²) in [5.74, 6) is -5.13. The molecule has 14 nitrogen and oxygen atoms in total. The zero-order valence-electron chi connectivity index (χ0n) is 27.9. The molecule has 7 atom stereocenters. The number of aliphatic hydroxyl groups is 4. The topological polar surface area (TPSA) is 222 Å². The third kappa shape index (κ3) is 6.33. The predicted molar refractivity (Wildman–Crippen MR) is 188 cm³/mol. The third-order valence-corrected chi connectivity index (χ3v) is 10.3. The van der Waals surface area contributed by atoms with Crippen molar-refractivity contribution in [1.82, 2.24) is 0 Å². The summed E-state index contributed by atoms with van der Waals surface area (Å²) in [6.07, 6.45) is -1.01. The number of aliphatic hydroxyl groups excluding tert-OH is 4. The minimum absolute atomic E-state index is 0.00381. The largest absolute Gasteiger partial charge is 0.508 e. The van der Waals surface area contributed by atoms with Gasteiger partial charge in [-0.25, -0.2) is 4.79 Å². The molecule has 3 aromatic rings. The van der Waals surface area contributed by atoms with E-state index in [4.69, 9.17) is 9.47 Å². The van der Waals surface area contributed by atoms with E-state index in [1.807, 2.05) is 30.3 Å². The van der Waals surface area contributed by atoms with Crippen molar-refractivity contribution in [3.05, 3.63) is 88.5 Å². The fourth-order valence-electron chi connectivity index (χ4n) is 7.67. The van der Waals surface area contributed by atoms with Gasteiger partial charge in [0.05, 0.1) is 18.0 Å². The maximum Gasteiger partial charge on any atom is 0.327 e. The molecule has 14 heteroatoms. The van der Waals surface area contributed by atoms with Gasteiger partial charge in [-0.2, -0.15) is 0 Å². The Balaban J connectivity index is 1.27. The Kier molecular flexibility index (Phi) is 9.59. The Morgan fingerprint density at radius 3 is 2.52 bits per heavy atom. The number of anilines is 1. The number of phenols is 2. The Bertz CT molecular complexity index is 1960. The lowest BCUT2D eigenvalue weighted by Gasteiger charge is -2.50. The highest BCUT2D eigenvalue weighted by molar-refractivity contribution is 6.32. The number of benzene rings is 3. The number of carboxylic acids is 1. The van der Waals surface area contributed by atoms with Gasteiger partial charge in [0.1, 0.15) is 42.9 Å². The van der Waals surface area contributed by atoms with Crippen LogP contribution < -0.4 is 9.64 Å². The molecule has 7 rings (SSSR count). The van der Waals surface area contributed by atoms with Crippen LogP contribution in [0.25, 0.3) is 6.08 Å². The number of aryl methyl sites for hydroxylation is 1. The second kappa shape index (κ2) is 14.1. The van der Waals surface area contributed by atoms with Gasteiger partial charge < -0.3 is 45.2 Å². The van der Waals surface area contributed by atoms with Gasteiger partial charge in [0.25, 0.3) is 5.91 Å². The van der Waals surface area contributed by atoms with Crippen LogP contribution in [-0.4, -0.2) is 109 Å². The van der Waals surface area contributed by atoms with Crippen LogP contribution in [0, 0.1) is 0 Å². The molecule has 7 unspecified atom stereocenters. The van der Waals surface area contributed by atoms with E-state index >= 15 is 0 Å². The molecule has 4 heterocycles. The Hall–Kier alpha value is -5.12. The number of carbonyl (C=O) groups excluding carboxylic acids is 1. The van der Waals surface area contributed by atoms with Crippen LogP contribution in [0.3, 0.4) is 0 Å². The first-order chi connectivity index (χ1) is 25.0. The number of nitrogens with zero attached hydrogens (tertiary/aromatic N) is 3. The van der Waals surface area contributed by atoms with E-state index in [1.54, 1.807) is 18.3 Å². The molecule has 1 spiro atoms. The molecule has 52 heavy (non-hydrogen) atoms. The van der Waals surface area contributed by atoms with E-state index in [9.17, 15) is 45.3 Å². The predicted octanol–water partition coefficient (Wildman–Crippen LogP) is 1.85. The Morgan fingerprint density at radius 2 is 1.81 bits per heavy atom. The van der Waals surface area contributed by atoms with E-state index in [0.717, 1.165) is 5.56 Å². The number of aromatic hydroxyl groups is 2. The number of hydrogen-bond donors (Lipinski definition) is 7. The first kappa shape index (κ1) is 35.3. The highest BCUT2D eigenvalue weighted by Crippen LogP contribution is 2.55. The van der Waals surface area contributed by atoms with Gasteiger partial charge in [0.2, 0.25) is 5.79 Å². The second-order valence-corrected chi connectivity index (χ2v) is 13.4. The molecule has 0 radical (unpaired) electrons. The van der Waals surface area contributed by atoms with Crippen LogP contribution in [0.2, 0.25) is 0 Å². The van der Waals surface area contributed by atoms with Crippen LogP contribution in [0.15, 0.2) is 70.7 Å². The van der Waals surface area contributed by atoms with Gasteiger partial charge in [-0.3, -0.25) is 19.7 Å². The van der Waals surface area contributed by atoms with Gasteiger partial charge in [-0.05, 0) is 60.2 Å². The van der Waals surface area contributed by atoms with Gasteiger partial charge >= 0.3 is 5.97 Å². The Labute approximate surface area is 298 Å². The number of phenolic OH excluding ortho intramolecular Hbond substituents is 2. The van der Waals surface area contributed by atoms with Crippen LogP contribution in [0.4, 0.5) is 5.69 Å². The van der Waals surface area contributed by atoms with Crippen molar-refractivity contribution in [1.29, 1.82) is 0 Å². The van der Waals surface area contributed by atoms with E-state index in [1.165, 1.54) is 29.2 Å². The average molecular weight is 714 g/mol. The number of carbonyl (C=O) groups is 2. The summed E-state index contributed by atoms with van der Waals surface area (Å²) in [5.41, 5.74) is 3.79. The SMILES string of the molecule is O=C(O)C1C(CCc2ccccc2)c2cc(O)c3c(c2N1C(=O)C=Cc1ccc(O)c(CC2=NCN=C2)c1)CCC1(O3)OC(CO)C(O)C(O)C1O. The molecule has 1 amide bonds. The number of carboxylic acid groups (broad SMARTS) is 1. The van der Waals surface area contributed by atoms with Crippen molar-refractivity contribution in [3.8, 4) is 17.2 Å². The lowest BCUT2D eigenvalue weighted by molar-refractivity contribution is -0.342. The summed E-state index contributed by atoms with van der Waals surface area (Å²) in [5, 5.41) is 74.3. The first-order valence-electron chi connectivity index (χ1n) is 17.0. The van der Waals surface area contributed by atoms with Crippen molar-refractivity contribution < 1.29 is 54.8 Å². The standard InChI is InChI=1S/C38H39N3O11/c42-18-29-33(46)34(47)36(48)38(51-29)13-12-25-31-26(16-28(44)35(25)52-38)24(9-6-20-4-2-1-3-5-20)32(37(49)50)41(31)30(45)11-8-21-7-10-27(43)22(14-21)15-23-17-39-19-40-23/h1-5,7-8,10-11,14,16-17,24,29,32-34,36,42-44,46-48H,6,9,12-13,15,18-19H2,(H,49,50). The van der Waals surface area contributed by atoms with Crippen molar-refractivity contribution in [2.24, 2.45) is 9.98 Å². The Morgan fingerprint density at radius 1 is 1.02 bits per heavy atom. The number of amides is 1. The van der Waals surface area contributed by atoms with Crippen LogP contribution in [0.5, 0.6) is 17.2 Å². The molecular formula is C38H39N3O11. The highest BCUT2D eigenvalue weighted by Gasteiger charge is 2.58. The fraction of sp³-hybridized carbons (Fsp3) is 0.368. The minimum Gasteiger partial charge on any atom is -0.508 e. The van der Waals surface area contributed by atoms with Crippen LogP contribution >= 0.6 is 0 Å². The highest BCUT2D eigenvalue weighted by atomic mass is 16.7. The lowest BCUT2D eigenvalue weighted by atomic mass is 9.84. The molecular weight excluding hydrogens is 674 g/mol.